The maximum Gasteiger partial charge on any atom is 0.129 e. The van der Waals surface area contributed by atoms with Gasteiger partial charge in [-0.15, -0.1) is 0 Å². The van der Waals surface area contributed by atoms with Gasteiger partial charge in [-0.05, 0) is 11.6 Å². The molecule has 0 spiro atoms. The lowest BCUT2D eigenvalue weighted by Gasteiger charge is -2.02. The Kier molecular flexibility index (Phi) is 2.65. The van der Waals surface area contributed by atoms with E-state index in [1.54, 1.807) is 24.8 Å². The molecule has 0 bridgehead atoms. The zero-order chi connectivity index (χ0) is 9.80. The number of H-pyrrole nitrogens is 1. The molecule has 5 heteroatoms. The van der Waals surface area contributed by atoms with Crippen molar-refractivity contribution in [2.45, 2.75) is 6.54 Å². The molecule has 0 aliphatic rings. The van der Waals surface area contributed by atoms with Crippen molar-refractivity contribution in [2.75, 3.05) is 5.32 Å². The molecule has 2 rings (SSSR count). The van der Waals surface area contributed by atoms with Gasteiger partial charge >= 0.3 is 0 Å². The number of rotatable bonds is 3. The van der Waals surface area contributed by atoms with Crippen LogP contribution < -0.4 is 5.32 Å². The first-order chi connectivity index (χ1) is 6.84. The van der Waals surface area contributed by atoms with Crippen LogP contribution in [0.5, 0.6) is 0 Å². The summed E-state index contributed by atoms with van der Waals surface area (Å²) in [4.78, 5) is 10.8. The van der Waals surface area contributed by atoms with E-state index in [9.17, 15) is 0 Å². The molecular weight excluding hydrogens is 200 g/mol. The third-order valence-corrected chi connectivity index (χ3v) is 1.99. The lowest BCUT2D eigenvalue weighted by Crippen LogP contribution is -1.99. The number of aromatic nitrogens is 3. The number of imidazole rings is 1. The Morgan fingerprint density at radius 2 is 2.29 bits per heavy atom. The highest BCUT2D eigenvalue weighted by atomic mass is 35.5. The molecule has 0 unspecified atom stereocenters. The summed E-state index contributed by atoms with van der Waals surface area (Å²) in [6.45, 7) is 0.701. The van der Waals surface area contributed by atoms with E-state index in [1.165, 1.54) is 0 Å². The number of halogens is 1. The van der Waals surface area contributed by atoms with Gasteiger partial charge in [0.25, 0.3) is 0 Å². The van der Waals surface area contributed by atoms with Crippen molar-refractivity contribution in [3.05, 3.63) is 41.6 Å². The summed E-state index contributed by atoms with van der Waals surface area (Å²) in [5.41, 5.74) is 1.07. The SMILES string of the molecule is Clc1ccc(CNc2cnc[nH]2)cn1. The molecule has 0 amide bonds. The Morgan fingerprint density at radius 3 is 2.93 bits per heavy atom. The van der Waals surface area contributed by atoms with Crippen LogP contribution in [0, 0.1) is 0 Å². The number of aromatic amines is 1. The van der Waals surface area contributed by atoms with Crippen LogP contribution in [0.25, 0.3) is 0 Å². The fourth-order valence-electron chi connectivity index (χ4n) is 1.06. The van der Waals surface area contributed by atoms with Crippen LogP contribution in [0.4, 0.5) is 5.82 Å². The Balaban J connectivity index is 1.95. The summed E-state index contributed by atoms with van der Waals surface area (Å²) in [5, 5.41) is 3.67. The van der Waals surface area contributed by atoms with Crippen molar-refractivity contribution in [3.63, 3.8) is 0 Å². The van der Waals surface area contributed by atoms with E-state index in [4.69, 9.17) is 11.6 Å². The molecule has 0 atom stereocenters. The molecule has 0 aromatic carbocycles. The van der Waals surface area contributed by atoms with E-state index < -0.39 is 0 Å². The normalized spacial score (nSPS) is 10.1. The predicted molar refractivity (Wildman–Crippen MR) is 55.2 cm³/mol. The van der Waals surface area contributed by atoms with Gasteiger partial charge in [0, 0.05) is 12.7 Å². The van der Waals surface area contributed by atoms with Crippen LogP contribution in [-0.2, 0) is 6.54 Å². The Hall–Kier alpha value is -1.55. The molecule has 0 saturated carbocycles. The molecule has 0 fully saturated rings. The average molecular weight is 209 g/mol. The van der Waals surface area contributed by atoms with Crippen LogP contribution in [0.2, 0.25) is 5.15 Å². The maximum absolute atomic E-state index is 5.66. The Morgan fingerprint density at radius 1 is 1.36 bits per heavy atom. The Labute approximate surface area is 86.4 Å². The van der Waals surface area contributed by atoms with Gasteiger partial charge in [0.15, 0.2) is 0 Å². The van der Waals surface area contributed by atoms with Gasteiger partial charge in [-0.1, -0.05) is 17.7 Å². The van der Waals surface area contributed by atoms with E-state index in [1.807, 2.05) is 6.07 Å². The Bertz CT molecular complexity index is 382. The smallest absolute Gasteiger partial charge is 0.129 e. The van der Waals surface area contributed by atoms with E-state index >= 15 is 0 Å². The van der Waals surface area contributed by atoms with E-state index in [0.29, 0.717) is 11.7 Å². The molecule has 4 nitrogen and oxygen atoms in total. The van der Waals surface area contributed by atoms with Gasteiger partial charge in [-0.25, -0.2) is 9.97 Å². The summed E-state index contributed by atoms with van der Waals surface area (Å²) in [7, 11) is 0. The van der Waals surface area contributed by atoms with Gasteiger partial charge in [-0.2, -0.15) is 0 Å². The summed E-state index contributed by atoms with van der Waals surface area (Å²) >= 11 is 5.66. The second-order valence-electron chi connectivity index (χ2n) is 2.81. The first-order valence-corrected chi connectivity index (χ1v) is 4.55. The third kappa shape index (κ3) is 2.23. The molecule has 0 radical (unpaired) electrons. The van der Waals surface area contributed by atoms with Crippen LogP contribution in [0.3, 0.4) is 0 Å². The van der Waals surface area contributed by atoms with Gasteiger partial charge in [-0.3, -0.25) is 0 Å². The summed E-state index contributed by atoms with van der Waals surface area (Å²) in [6.07, 6.45) is 5.09. The number of anilines is 1. The fraction of sp³-hybridized carbons (Fsp3) is 0.111. The quantitative estimate of drug-likeness (QED) is 0.760. The summed E-state index contributed by atoms with van der Waals surface area (Å²) < 4.78 is 0. The second kappa shape index (κ2) is 4.11. The molecule has 2 aromatic heterocycles. The van der Waals surface area contributed by atoms with Gasteiger partial charge in [0.2, 0.25) is 0 Å². The van der Waals surface area contributed by atoms with E-state index in [2.05, 4.69) is 20.3 Å². The number of nitrogens with one attached hydrogen (secondary N) is 2. The maximum atomic E-state index is 5.66. The van der Waals surface area contributed by atoms with E-state index in [0.717, 1.165) is 11.4 Å². The van der Waals surface area contributed by atoms with Gasteiger partial charge in [0.05, 0.1) is 12.5 Å². The minimum absolute atomic E-state index is 0.510. The number of pyridine rings is 1. The first-order valence-electron chi connectivity index (χ1n) is 4.17. The predicted octanol–water partition coefficient (Wildman–Crippen LogP) is 2.07. The lowest BCUT2D eigenvalue weighted by atomic mass is 10.3. The van der Waals surface area contributed by atoms with Crippen LogP contribution in [-0.4, -0.2) is 15.0 Å². The lowest BCUT2D eigenvalue weighted by molar-refractivity contribution is 1.10. The number of hydrogen-bond acceptors (Lipinski definition) is 3. The summed E-state index contributed by atoms with van der Waals surface area (Å²) in [6, 6.07) is 3.70. The van der Waals surface area contributed by atoms with Crippen molar-refractivity contribution >= 4 is 17.4 Å². The highest BCUT2D eigenvalue weighted by Crippen LogP contribution is 2.07. The molecule has 2 aromatic rings. The van der Waals surface area contributed by atoms with E-state index in [-0.39, 0.29) is 0 Å². The second-order valence-corrected chi connectivity index (χ2v) is 3.20. The number of hydrogen-bond donors (Lipinski definition) is 2. The topological polar surface area (TPSA) is 53.6 Å². The van der Waals surface area contributed by atoms with Crippen molar-refractivity contribution in [1.29, 1.82) is 0 Å². The zero-order valence-corrected chi connectivity index (χ0v) is 8.12. The molecule has 0 saturated heterocycles. The van der Waals surface area contributed by atoms with Crippen molar-refractivity contribution in [2.24, 2.45) is 0 Å². The minimum Gasteiger partial charge on any atom is -0.366 e. The van der Waals surface area contributed by atoms with Crippen molar-refractivity contribution in [3.8, 4) is 0 Å². The van der Waals surface area contributed by atoms with Crippen LogP contribution >= 0.6 is 11.6 Å². The average Bonchev–Trinajstić information content (AvgIpc) is 2.70. The monoisotopic (exact) mass is 208 g/mol. The largest absolute Gasteiger partial charge is 0.366 e. The highest BCUT2D eigenvalue weighted by molar-refractivity contribution is 6.29. The standard InChI is InChI=1S/C9H9ClN4/c10-8-2-1-7(3-12-8)4-13-9-5-11-6-14-9/h1-3,5-6,13H,4H2,(H,11,14). The highest BCUT2D eigenvalue weighted by Gasteiger charge is 1.95. The van der Waals surface area contributed by atoms with Gasteiger partial charge in [0.1, 0.15) is 11.0 Å². The zero-order valence-electron chi connectivity index (χ0n) is 7.37. The fourth-order valence-corrected chi connectivity index (χ4v) is 1.17. The molecule has 72 valence electrons. The summed E-state index contributed by atoms with van der Waals surface area (Å²) in [5.74, 6) is 0.889. The molecule has 2 N–H and O–H groups in total. The number of nitrogens with zero attached hydrogens (tertiary/aromatic N) is 2. The van der Waals surface area contributed by atoms with Crippen molar-refractivity contribution < 1.29 is 0 Å². The van der Waals surface area contributed by atoms with Crippen LogP contribution in [0.1, 0.15) is 5.56 Å². The first kappa shape index (κ1) is 9.02. The van der Waals surface area contributed by atoms with Crippen LogP contribution in [0.15, 0.2) is 30.9 Å². The molecule has 0 aliphatic carbocycles. The molecular formula is C9H9ClN4. The minimum atomic E-state index is 0.510. The molecule has 14 heavy (non-hydrogen) atoms. The van der Waals surface area contributed by atoms with Crippen molar-refractivity contribution in [1.82, 2.24) is 15.0 Å². The molecule has 2 heterocycles. The molecule has 0 aliphatic heterocycles. The third-order valence-electron chi connectivity index (χ3n) is 1.77. The van der Waals surface area contributed by atoms with Gasteiger partial charge < -0.3 is 10.3 Å².